The maximum absolute atomic E-state index is 12.0. The molecule has 0 saturated heterocycles. The average molecular weight is 384 g/mol. The summed E-state index contributed by atoms with van der Waals surface area (Å²) in [7, 11) is 0. The van der Waals surface area contributed by atoms with Crippen molar-refractivity contribution in [2.24, 2.45) is 0 Å². The van der Waals surface area contributed by atoms with E-state index in [9.17, 15) is 4.79 Å². The number of carbonyl (C=O) groups excluding carboxylic acids is 1. The molecule has 6 heteroatoms. The number of aromatic nitrogens is 2. The molecule has 0 aliphatic rings. The fraction of sp³-hybridized carbons (Fsp3) is 0.250. The van der Waals surface area contributed by atoms with Gasteiger partial charge in [-0.15, -0.1) is 10.2 Å². The fourth-order valence-corrected chi connectivity index (χ4v) is 4.26. The molecule has 0 atom stereocenters. The van der Waals surface area contributed by atoms with Crippen LogP contribution < -0.4 is 5.32 Å². The van der Waals surface area contributed by atoms with E-state index in [1.807, 2.05) is 36.4 Å². The summed E-state index contributed by atoms with van der Waals surface area (Å²) in [5, 5.41) is 11.6. The summed E-state index contributed by atoms with van der Waals surface area (Å²) >= 11 is 3.13. The van der Waals surface area contributed by atoms with Crippen molar-refractivity contribution in [3.8, 4) is 0 Å². The molecule has 2 aromatic carbocycles. The van der Waals surface area contributed by atoms with Gasteiger partial charge >= 0.3 is 0 Å². The van der Waals surface area contributed by atoms with Crippen molar-refractivity contribution < 1.29 is 4.79 Å². The molecule has 4 nitrogen and oxygen atoms in total. The lowest BCUT2D eigenvalue weighted by Gasteiger charge is -2.01. The summed E-state index contributed by atoms with van der Waals surface area (Å²) in [5.41, 5.74) is 2.52. The molecular formula is C20H21N3OS2. The number of benzene rings is 2. The Morgan fingerprint density at radius 3 is 2.27 bits per heavy atom. The normalized spacial score (nSPS) is 10.6. The molecule has 0 spiro atoms. The standard InChI is InChI=1S/C20H21N3OS2/c24-18(14-13-17-10-5-2-6-11-17)21-19-22-23-20(26-19)25-15-7-12-16-8-3-1-4-9-16/h1-6,8-11H,7,12-15H2,(H,21,22,24). The Morgan fingerprint density at radius 2 is 1.58 bits per heavy atom. The van der Waals surface area contributed by atoms with Gasteiger partial charge in [-0.05, 0) is 30.4 Å². The second kappa shape index (κ2) is 10.1. The molecule has 3 rings (SSSR count). The first kappa shape index (κ1) is 18.6. The minimum Gasteiger partial charge on any atom is -0.300 e. The second-order valence-corrected chi connectivity index (χ2v) is 8.16. The zero-order valence-corrected chi connectivity index (χ0v) is 16.1. The predicted molar refractivity (Wildman–Crippen MR) is 109 cm³/mol. The highest BCUT2D eigenvalue weighted by atomic mass is 32.2. The molecule has 3 aromatic rings. The first-order valence-electron chi connectivity index (χ1n) is 8.63. The van der Waals surface area contributed by atoms with Gasteiger partial charge in [0.2, 0.25) is 11.0 Å². The Morgan fingerprint density at radius 1 is 0.923 bits per heavy atom. The van der Waals surface area contributed by atoms with E-state index in [-0.39, 0.29) is 5.91 Å². The number of hydrogen-bond donors (Lipinski definition) is 1. The van der Waals surface area contributed by atoms with Gasteiger partial charge in [0.1, 0.15) is 0 Å². The van der Waals surface area contributed by atoms with Crippen LogP contribution in [0.2, 0.25) is 0 Å². The maximum Gasteiger partial charge on any atom is 0.226 e. The van der Waals surface area contributed by atoms with E-state index in [2.05, 4.69) is 39.8 Å². The summed E-state index contributed by atoms with van der Waals surface area (Å²) in [4.78, 5) is 12.0. The number of carbonyl (C=O) groups is 1. The highest BCUT2D eigenvalue weighted by Crippen LogP contribution is 2.26. The number of thioether (sulfide) groups is 1. The summed E-state index contributed by atoms with van der Waals surface area (Å²) in [5.74, 6) is 0.969. The zero-order valence-electron chi connectivity index (χ0n) is 14.4. The van der Waals surface area contributed by atoms with Crippen LogP contribution in [0.15, 0.2) is 65.0 Å². The second-order valence-electron chi connectivity index (χ2n) is 5.84. The number of amides is 1. The summed E-state index contributed by atoms with van der Waals surface area (Å²) in [6, 6.07) is 20.5. The minimum atomic E-state index is -0.0226. The smallest absolute Gasteiger partial charge is 0.226 e. The molecule has 0 fully saturated rings. The van der Waals surface area contributed by atoms with Crippen LogP contribution >= 0.6 is 23.1 Å². The van der Waals surface area contributed by atoms with Crippen molar-refractivity contribution in [2.75, 3.05) is 11.1 Å². The molecule has 134 valence electrons. The highest BCUT2D eigenvalue weighted by molar-refractivity contribution is 8.01. The van der Waals surface area contributed by atoms with E-state index >= 15 is 0 Å². The van der Waals surface area contributed by atoms with Crippen LogP contribution in [0.3, 0.4) is 0 Å². The number of anilines is 1. The Hall–Kier alpha value is -2.18. The maximum atomic E-state index is 12.0. The van der Waals surface area contributed by atoms with Gasteiger partial charge in [-0.2, -0.15) is 0 Å². The van der Waals surface area contributed by atoms with Crippen LogP contribution in [0, 0.1) is 0 Å². The number of nitrogens with one attached hydrogen (secondary N) is 1. The molecule has 1 aromatic heterocycles. The average Bonchev–Trinajstić information content (AvgIpc) is 3.12. The van der Waals surface area contributed by atoms with E-state index in [0.717, 1.165) is 34.9 Å². The first-order valence-corrected chi connectivity index (χ1v) is 10.4. The van der Waals surface area contributed by atoms with Gasteiger partial charge in [-0.1, -0.05) is 83.8 Å². The molecule has 1 heterocycles. The van der Waals surface area contributed by atoms with Gasteiger partial charge in [0, 0.05) is 12.2 Å². The number of rotatable bonds is 9. The third-order valence-corrected chi connectivity index (χ3v) is 5.87. The van der Waals surface area contributed by atoms with E-state index in [0.29, 0.717) is 11.6 Å². The number of nitrogens with zero attached hydrogens (tertiary/aromatic N) is 2. The Kier molecular flexibility index (Phi) is 7.22. The van der Waals surface area contributed by atoms with Crippen molar-refractivity contribution in [1.82, 2.24) is 10.2 Å². The molecule has 1 amide bonds. The molecule has 0 unspecified atom stereocenters. The van der Waals surface area contributed by atoms with Crippen molar-refractivity contribution in [3.63, 3.8) is 0 Å². The van der Waals surface area contributed by atoms with Crippen LogP contribution in [0.4, 0.5) is 5.13 Å². The molecule has 26 heavy (non-hydrogen) atoms. The zero-order chi connectivity index (χ0) is 18.0. The fourth-order valence-electron chi connectivity index (χ4n) is 2.48. The van der Waals surface area contributed by atoms with Crippen LogP contribution in [0.5, 0.6) is 0 Å². The molecule has 0 saturated carbocycles. The third kappa shape index (κ3) is 6.28. The predicted octanol–water partition coefficient (Wildman–Crippen LogP) is 4.83. The molecule has 0 radical (unpaired) electrons. The monoisotopic (exact) mass is 383 g/mol. The molecule has 0 aliphatic heterocycles. The lowest BCUT2D eigenvalue weighted by atomic mass is 10.1. The van der Waals surface area contributed by atoms with Gasteiger partial charge in [0.05, 0.1) is 0 Å². The van der Waals surface area contributed by atoms with E-state index in [1.54, 1.807) is 11.8 Å². The molecule has 0 bridgehead atoms. The Balaban J connectivity index is 1.36. The van der Waals surface area contributed by atoms with E-state index in [1.165, 1.54) is 16.9 Å². The molecule has 0 aliphatic carbocycles. The van der Waals surface area contributed by atoms with Crippen molar-refractivity contribution >= 4 is 34.1 Å². The third-order valence-electron chi connectivity index (χ3n) is 3.81. The Labute approximate surface area is 162 Å². The van der Waals surface area contributed by atoms with Gasteiger partial charge in [-0.25, -0.2) is 0 Å². The summed E-state index contributed by atoms with van der Waals surface area (Å²) in [6.07, 6.45) is 3.33. The van der Waals surface area contributed by atoms with E-state index < -0.39 is 0 Å². The summed E-state index contributed by atoms with van der Waals surface area (Å²) < 4.78 is 0.899. The number of aryl methyl sites for hydroxylation is 2. The topological polar surface area (TPSA) is 54.9 Å². The number of hydrogen-bond acceptors (Lipinski definition) is 5. The van der Waals surface area contributed by atoms with Gasteiger partial charge < -0.3 is 5.32 Å². The van der Waals surface area contributed by atoms with Gasteiger partial charge in [0.25, 0.3) is 0 Å². The van der Waals surface area contributed by atoms with Crippen LogP contribution in [-0.2, 0) is 17.6 Å². The van der Waals surface area contributed by atoms with Crippen LogP contribution in [-0.4, -0.2) is 21.9 Å². The highest BCUT2D eigenvalue weighted by Gasteiger charge is 2.09. The minimum absolute atomic E-state index is 0.0226. The quantitative estimate of drug-likeness (QED) is 0.326. The SMILES string of the molecule is O=C(CCc1ccccc1)Nc1nnc(SCCCc2ccccc2)s1. The van der Waals surface area contributed by atoms with Gasteiger partial charge in [0.15, 0.2) is 4.34 Å². The summed E-state index contributed by atoms with van der Waals surface area (Å²) in [6.45, 7) is 0. The van der Waals surface area contributed by atoms with Crippen molar-refractivity contribution in [2.45, 2.75) is 30.0 Å². The lowest BCUT2D eigenvalue weighted by Crippen LogP contribution is -2.12. The first-order chi connectivity index (χ1) is 12.8. The lowest BCUT2D eigenvalue weighted by molar-refractivity contribution is -0.116. The van der Waals surface area contributed by atoms with Crippen LogP contribution in [0.25, 0.3) is 0 Å². The van der Waals surface area contributed by atoms with Gasteiger partial charge in [-0.3, -0.25) is 4.79 Å². The molecular weight excluding hydrogens is 362 g/mol. The molecule has 1 N–H and O–H groups in total. The van der Waals surface area contributed by atoms with E-state index in [4.69, 9.17) is 0 Å². The Bertz CT molecular complexity index is 806. The van der Waals surface area contributed by atoms with Crippen molar-refractivity contribution in [3.05, 3.63) is 71.8 Å². The van der Waals surface area contributed by atoms with Crippen LogP contribution in [0.1, 0.15) is 24.0 Å². The largest absolute Gasteiger partial charge is 0.300 e. The van der Waals surface area contributed by atoms with Crippen molar-refractivity contribution in [1.29, 1.82) is 0 Å².